The van der Waals surface area contributed by atoms with Gasteiger partial charge in [0, 0.05) is 24.4 Å². The van der Waals surface area contributed by atoms with Gasteiger partial charge in [-0.1, -0.05) is 0 Å². The Labute approximate surface area is 119 Å². The van der Waals surface area contributed by atoms with Crippen LogP contribution in [-0.2, 0) is 0 Å². The summed E-state index contributed by atoms with van der Waals surface area (Å²) in [5, 5.41) is 8.80. The highest BCUT2D eigenvalue weighted by molar-refractivity contribution is 6.05. The molecule has 0 saturated heterocycles. The number of carboxylic acid groups (broad SMARTS) is 1. The lowest BCUT2D eigenvalue weighted by molar-refractivity contribution is 0.0696. The van der Waals surface area contributed by atoms with E-state index in [1.165, 1.54) is 36.2 Å². The number of halogens is 2. The van der Waals surface area contributed by atoms with Crippen molar-refractivity contribution in [1.82, 2.24) is 0 Å². The third kappa shape index (κ3) is 3.22. The number of hydrogen-bond donors (Lipinski definition) is 1. The number of carboxylic acids is 1. The molecule has 0 aliphatic heterocycles. The summed E-state index contributed by atoms with van der Waals surface area (Å²) >= 11 is 0. The molecule has 0 aromatic heterocycles. The summed E-state index contributed by atoms with van der Waals surface area (Å²) < 4.78 is 26.2. The van der Waals surface area contributed by atoms with Crippen molar-refractivity contribution in [2.45, 2.75) is 0 Å². The molecular weight excluding hydrogens is 280 g/mol. The monoisotopic (exact) mass is 291 g/mol. The lowest BCUT2D eigenvalue weighted by atomic mass is 10.1. The largest absolute Gasteiger partial charge is 0.478 e. The molecule has 0 atom stereocenters. The van der Waals surface area contributed by atoms with Crippen LogP contribution in [-0.4, -0.2) is 24.0 Å². The molecule has 0 radical (unpaired) electrons. The fourth-order valence-electron chi connectivity index (χ4n) is 1.82. The van der Waals surface area contributed by atoms with Gasteiger partial charge in [0.1, 0.15) is 11.6 Å². The summed E-state index contributed by atoms with van der Waals surface area (Å²) in [4.78, 5) is 24.1. The average molecular weight is 291 g/mol. The molecule has 0 saturated carbocycles. The molecule has 0 unspecified atom stereocenters. The van der Waals surface area contributed by atoms with Crippen molar-refractivity contribution >= 4 is 17.6 Å². The van der Waals surface area contributed by atoms with Crippen molar-refractivity contribution in [2.75, 3.05) is 11.9 Å². The van der Waals surface area contributed by atoms with Gasteiger partial charge in [0.05, 0.1) is 5.56 Å². The van der Waals surface area contributed by atoms with Crippen LogP contribution < -0.4 is 4.90 Å². The molecule has 2 aromatic carbocycles. The summed E-state index contributed by atoms with van der Waals surface area (Å²) in [6, 6.07) is 8.12. The van der Waals surface area contributed by atoms with Gasteiger partial charge in [-0.25, -0.2) is 13.6 Å². The molecule has 2 rings (SSSR count). The molecule has 0 bridgehead atoms. The van der Waals surface area contributed by atoms with Crippen molar-refractivity contribution in [3.05, 3.63) is 65.2 Å². The van der Waals surface area contributed by atoms with Crippen LogP contribution in [0.25, 0.3) is 0 Å². The first-order chi connectivity index (χ1) is 9.88. The Morgan fingerprint density at radius 3 is 1.95 bits per heavy atom. The molecule has 4 nitrogen and oxygen atoms in total. The SMILES string of the molecule is CN(C(=O)c1cc(F)cc(F)c1)c1ccc(C(=O)O)cc1. The van der Waals surface area contributed by atoms with Crippen LogP contribution in [0.4, 0.5) is 14.5 Å². The molecule has 0 aliphatic rings. The quantitative estimate of drug-likeness (QED) is 0.946. The number of hydrogen-bond acceptors (Lipinski definition) is 2. The fourth-order valence-corrected chi connectivity index (χ4v) is 1.82. The van der Waals surface area contributed by atoms with E-state index in [1.54, 1.807) is 0 Å². The standard InChI is InChI=1S/C15H11F2NO3/c1-18(13-4-2-9(3-5-13)15(20)21)14(19)10-6-11(16)8-12(17)7-10/h2-8H,1H3,(H,20,21). The molecule has 0 fully saturated rings. The maximum atomic E-state index is 13.1. The summed E-state index contributed by atoms with van der Waals surface area (Å²) in [5.74, 6) is -3.36. The molecule has 108 valence electrons. The van der Waals surface area contributed by atoms with Gasteiger partial charge in [0.25, 0.3) is 5.91 Å². The van der Waals surface area contributed by atoms with Crippen molar-refractivity contribution in [1.29, 1.82) is 0 Å². The van der Waals surface area contributed by atoms with Crippen molar-refractivity contribution < 1.29 is 23.5 Å². The zero-order valence-corrected chi connectivity index (χ0v) is 11.0. The molecule has 0 spiro atoms. The Balaban J connectivity index is 2.28. The number of anilines is 1. The first-order valence-corrected chi connectivity index (χ1v) is 5.96. The normalized spacial score (nSPS) is 10.2. The maximum absolute atomic E-state index is 13.1. The van der Waals surface area contributed by atoms with E-state index < -0.39 is 23.5 Å². The third-order valence-corrected chi connectivity index (χ3v) is 2.92. The second kappa shape index (κ2) is 5.70. The fraction of sp³-hybridized carbons (Fsp3) is 0.0667. The molecule has 21 heavy (non-hydrogen) atoms. The summed E-state index contributed by atoms with van der Waals surface area (Å²) in [6.07, 6.45) is 0. The number of amides is 1. The second-order valence-electron chi connectivity index (χ2n) is 4.37. The predicted molar refractivity (Wildman–Crippen MR) is 72.5 cm³/mol. The highest BCUT2D eigenvalue weighted by Gasteiger charge is 2.16. The Kier molecular flexibility index (Phi) is 3.98. The van der Waals surface area contributed by atoms with Gasteiger partial charge in [-0.3, -0.25) is 4.79 Å². The average Bonchev–Trinajstić information content (AvgIpc) is 2.44. The van der Waals surface area contributed by atoms with Gasteiger partial charge < -0.3 is 10.0 Å². The molecule has 0 aliphatic carbocycles. The number of aromatic carboxylic acids is 1. The van der Waals surface area contributed by atoms with E-state index in [4.69, 9.17) is 5.11 Å². The van der Waals surface area contributed by atoms with Crippen LogP contribution >= 0.6 is 0 Å². The molecule has 2 aromatic rings. The molecule has 0 heterocycles. The topological polar surface area (TPSA) is 57.6 Å². The lowest BCUT2D eigenvalue weighted by Gasteiger charge is -2.17. The van der Waals surface area contributed by atoms with E-state index in [0.717, 1.165) is 12.1 Å². The van der Waals surface area contributed by atoms with Gasteiger partial charge in [-0.15, -0.1) is 0 Å². The van der Waals surface area contributed by atoms with E-state index in [9.17, 15) is 18.4 Å². The second-order valence-corrected chi connectivity index (χ2v) is 4.37. The Bertz CT molecular complexity index is 678. The van der Waals surface area contributed by atoms with Crippen LogP contribution in [0.5, 0.6) is 0 Å². The van der Waals surface area contributed by atoms with E-state index in [-0.39, 0.29) is 11.1 Å². The van der Waals surface area contributed by atoms with Crippen molar-refractivity contribution in [3.63, 3.8) is 0 Å². The van der Waals surface area contributed by atoms with Gasteiger partial charge in [-0.2, -0.15) is 0 Å². The van der Waals surface area contributed by atoms with Crippen LogP contribution in [0, 0.1) is 11.6 Å². The number of rotatable bonds is 3. The number of nitrogens with zero attached hydrogens (tertiary/aromatic N) is 1. The summed E-state index contributed by atoms with van der Waals surface area (Å²) in [7, 11) is 1.43. The number of carbonyl (C=O) groups excluding carboxylic acids is 1. The minimum atomic E-state index is -1.08. The van der Waals surface area contributed by atoms with Gasteiger partial charge >= 0.3 is 5.97 Å². The highest BCUT2D eigenvalue weighted by atomic mass is 19.1. The Morgan fingerprint density at radius 2 is 1.48 bits per heavy atom. The smallest absolute Gasteiger partial charge is 0.335 e. The lowest BCUT2D eigenvalue weighted by Crippen LogP contribution is -2.26. The van der Waals surface area contributed by atoms with E-state index >= 15 is 0 Å². The van der Waals surface area contributed by atoms with Crippen LogP contribution in [0.15, 0.2) is 42.5 Å². The number of carbonyl (C=O) groups is 2. The summed E-state index contributed by atoms with van der Waals surface area (Å²) in [5.41, 5.74) is 0.364. The zero-order chi connectivity index (χ0) is 15.6. The van der Waals surface area contributed by atoms with Gasteiger partial charge in [0.15, 0.2) is 0 Å². The number of benzene rings is 2. The third-order valence-electron chi connectivity index (χ3n) is 2.92. The minimum absolute atomic E-state index is 0.0800. The Morgan fingerprint density at radius 1 is 0.952 bits per heavy atom. The molecule has 1 N–H and O–H groups in total. The predicted octanol–water partition coefficient (Wildman–Crippen LogP) is 2.94. The van der Waals surface area contributed by atoms with Gasteiger partial charge in [0.2, 0.25) is 0 Å². The van der Waals surface area contributed by atoms with Crippen LogP contribution in [0.2, 0.25) is 0 Å². The highest BCUT2D eigenvalue weighted by Crippen LogP contribution is 2.18. The van der Waals surface area contributed by atoms with Gasteiger partial charge in [-0.05, 0) is 36.4 Å². The first kappa shape index (κ1) is 14.6. The Hall–Kier alpha value is -2.76. The molecule has 6 heteroatoms. The van der Waals surface area contributed by atoms with Crippen molar-refractivity contribution in [2.24, 2.45) is 0 Å². The molecule has 1 amide bonds. The van der Waals surface area contributed by atoms with Crippen LogP contribution in [0.1, 0.15) is 20.7 Å². The minimum Gasteiger partial charge on any atom is -0.478 e. The van der Waals surface area contributed by atoms with E-state index in [1.807, 2.05) is 0 Å². The summed E-state index contributed by atoms with van der Waals surface area (Å²) in [6.45, 7) is 0. The van der Waals surface area contributed by atoms with Crippen molar-refractivity contribution in [3.8, 4) is 0 Å². The van der Waals surface area contributed by atoms with E-state index in [2.05, 4.69) is 0 Å². The zero-order valence-electron chi connectivity index (χ0n) is 11.0. The van der Waals surface area contributed by atoms with Crippen LogP contribution in [0.3, 0.4) is 0 Å². The van der Waals surface area contributed by atoms with E-state index in [0.29, 0.717) is 11.8 Å². The first-order valence-electron chi connectivity index (χ1n) is 5.96. The maximum Gasteiger partial charge on any atom is 0.335 e. The molecular formula is C15H11F2NO3.